The molecule has 1 saturated carbocycles. The van der Waals surface area contributed by atoms with Gasteiger partial charge < -0.3 is 26.1 Å². The van der Waals surface area contributed by atoms with Crippen LogP contribution in [0, 0.1) is 11.7 Å². The van der Waals surface area contributed by atoms with Crippen molar-refractivity contribution in [2.24, 2.45) is 11.7 Å². The number of amides is 2. The van der Waals surface area contributed by atoms with Crippen molar-refractivity contribution in [3.63, 3.8) is 0 Å². The van der Waals surface area contributed by atoms with Gasteiger partial charge in [0.15, 0.2) is 5.69 Å². The summed E-state index contributed by atoms with van der Waals surface area (Å²) in [5.74, 6) is 0.0957. The molecular weight excluding hydrogens is 597 g/mol. The number of hydrogen-bond acceptors (Lipinski definition) is 7. The minimum Gasteiger partial charge on any atom is -0.388 e. The van der Waals surface area contributed by atoms with E-state index in [-0.39, 0.29) is 42.0 Å². The van der Waals surface area contributed by atoms with E-state index in [4.69, 9.17) is 17.3 Å². The molecule has 10 nitrogen and oxygen atoms in total. The highest BCUT2D eigenvalue weighted by Gasteiger charge is 2.47. The van der Waals surface area contributed by atoms with E-state index < -0.39 is 5.91 Å². The van der Waals surface area contributed by atoms with Gasteiger partial charge >= 0.3 is 0 Å². The van der Waals surface area contributed by atoms with E-state index in [9.17, 15) is 18.8 Å². The molecule has 2 fully saturated rings. The largest absolute Gasteiger partial charge is 0.388 e. The normalized spacial score (nSPS) is 17.9. The van der Waals surface area contributed by atoms with Gasteiger partial charge in [-0.1, -0.05) is 35.9 Å². The summed E-state index contributed by atoms with van der Waals surface area (Å²) in [6, 6.07) is 17.1. The first-order valence-electron chi connectivity index (χ1n) is 14.6. The molecule has 6 rings (SSSR count). The number of rotatable bonds is 8. The number of nitrogens with zero attached hydrogens (tertiary/aromatic N) is 4. The average Bonchev–Trinajstić information content (AvgIpc) is 3.76. The maximum atomic E-state index is 12.9. The summed E-state index contributed by atoms with van der Waals surface area (Å²) >= 11 is 5.57. The molecule has 1 aliphatic heterocycles. The lowest BCUT2D eigenvalue weighted by atomic mass is 10.00. The molecule has 3 heterocycles. The number of carbonyl (C=O) groups is 3. The van der Waals surface area contributed by atoms with Gasteiger partial charge in [0.05, 0.1) is 11.6 Å². The van der Waals surface area contributed by atoms with Crippen LogP contribution in [-0.4, -0.2) is 63.9 Å². The number of hydrogen-bond donors (Lipinski definition) is 3. The zero-order chi connectivity index (χ0) is 32.5. The fraction of sp³-hybridized carbons (Fsp3) is 0.303. The fourth-order valence-electron chi connectivity index (χ4n) is 5.75. The molecule has 4 N–H and O–H groups in total. The van der Waals surface area contributed by atoms with Crippen LogP contribution in [0.4, 0.5) is 15.9 Å². The summed E-state index contributed by atoms with van der Waals surface area (Å²) in [5.41, 5.74) is 8.17. The Labute approximate surface area is 266 Å². The van der Waals surface area contributed by atoms with Gasteiger partial charge in [0, 0.05) is 31.2 Å². The Hall–Kier alpha value is -4.77. The van der Waals surface area contributed by atoms with Crippen LogP contribution in [0.5, 0.6) is 0 Å². The Morgan fingerprint density at radius 2 is 1.87 bits per heavy atom. The fourth-order valence-corrected chi connectivity index (χ4v) is 5.92. The minimum atomic E-state index is -0.638. The number of pyridine rings is 1. The van der Waals surface area contributed by atoms with Crippen molar-refractivity contribution in [2.75, 3.05) is 24.7 Å². The lowest BCUT2D eigenvalue weighted by molar-refractivity contribution is -0.139. The smallest absolute Gasteiger partial charge is 0.269 e. The maximum Gasteiger partial charge on any atom is 0.269 e. The Morgan fingerprint density at radius 3 is 2.47 bits per heavy atom. The summed E-state index contributed by atoms with van der Waals surface area (Å²) in [6.45, 7) is 3.57. The topological polar surface area (TPSA) is 135 Å². The first-order valence-corrected chi connectivity index (χ1v) is 15.0. The van der Waals surface area contributed by atoms with Gasteiger partial charge in [-0.15, -0.1) is 6.58 Å². The molecule has 1 aliphatic carbocycles. The molecule has 2 bridgehead atoms. The highest BCUT2D eigenvalue weighted by atomic mass is 35.5. The van der Waals surface area contributed by atoms with E-state index in [0.29, 0.717) is 16.1 Å². The number of allylic oxidation sites excluding steroid dienone is 1. The number of carbonyl (C=O) groups excluding carboxylic acids is 3. The van der Waals surface area contributed by atoms with E-state index in [2.05, 4.69) is 27.3 Å². The molecule has 236 valence electrons. The molecule has 3 unspecified atom stereocenters. The van der Waals surface area contributed by atoms with Gasteiger partial charge in [-0.2, -0.15) is 5.10 Å². The highest BCUT2D eigenvalue weighted by molar-refractivity contribution is 6.29. The van der Waals surface area contributed by atoms with Crippen LogP contribution in [-0.2, 0) is 22.6 Å². The van der Waals surface area contributed by atoms with Gasteiger partial charge in [0.1, 0.15) is 29.6 Å². The predicted molar refractivity (Wildman–Crippen MR) is 175 cm³/mol. The number of halogens is 2. The van der Waals surface area contributed by atoms with Gasteiger partial charge in [0.25, 0.3) is 5.91 Å². The molecule has 2 amide bonds. The summed E-state index contributed by atoms with van der Waals surface area (Å²) in [6.07, 6.45) is 6.33. The zero-order valence-corrected chi connectivity index (χ0v) is 26.0. The monoisotopic (exact) mass is 633 g/mol. The van der Waals surface area contributed by atoms with Crippen molar-refractivity contribution >= 4 is 52.1 Å². The lowest BCUT2D eigenvalue weighted by Crippen LogP contribution is -2.47. The molecule has 2 aromatic carbocycles. The predicted octanol–water partition coefficient (Wildman–Crippen LogP) is 5.09. The van der Waals surface area contributed by atoms with Crippen molar-refractivity contribution in [1.29, 1.82) is 0 Å². The number of anilines is 2. The van der Waals surface area contributed by atoms with Crippen LogP contribution >= 0.6 is 11.6 Å². The standard InChI is InChI=1S/C18H21N5O3.C9H9F.C6H7ClN2/c1-20-11-3-5-14-13(7-11)17(18(19)26)21-22(14)8-16(25)23-12-4-2-10(6-12)15(23)9-24;1-2-3-8-4-6-9(10)7-5-8;1-8-6-4-2-3-5(7)9-6/h3,5,7,9-10,12,15,20H,2,4,6,8H2,1H3,(H2,19,26);2,4-7H,1,3H2;2-4H,1H3,(H,8,9). The van der Waals surface area contributed by atoms with Gasteiger partial charge in [0.2, 0.25) is 5.91 Å². The number of fused-ring (bicyclic) bond motifs is 3. The number of nitrogens with two attached hydrogens (primary N) is 1. The third-order valence-corrected chi connectivity index (χ3v) is 8.10. The molecule has 12 heteroatoms. The second-order valence-corrected chi connectivity index (χ2v) is 11.1. The molecular formula is C33H37ClFN7O3. The maximum absolute atomic E-state index is 12.9. The van der Waals surface area contributed by atoms with Crippen LogP contribution in [0.1, 0.15) is 35.3 Å². The van der Waals surface area contributed by atoms with Crippen LogP contribution in [0.25, 0.3) is 10.9 Å². The van der Waals surface area contributed by atoms with Crippen LogP contribution in [0.2, 0.25) is 5.15 Å². The molecule has 0 radical (unpaired) electrons. The average molecular weight is 634 g/mol. The van der Waals surface area contributed by atoms with Gasteiger partial charge in [-0.05, 0) is 79.6 Å². The first kappa shape index (κ1) is 33.1. The van der Waals surface area contributed by atoms with Gasteiger partial charge in [-0.3, -0.25) is 14.3 Å². The number of benzene rings is 2. The first-order chi connectivity index (χ1) is 21.7. The Morgan fingerprint density at radius 1 is 1.11 bits per heavy atom. The van der Waals surface area contributed by atoms with E-state index in [0.717, 1.165) is 49.0 Å². The summed E-state index contributed by atoms with van der Waals surface area (Å²) in [7, 11) is 3.58. The molecule has 3 atom stereocenters. The van der Waals surface area contributed by atoms with Crippen molar-refractivity contribution in [1.82, 2.24) is 19.7 Å². The lowest BCUT2D eigenvalue weighted by Gasteiger charge is -2.32. The van der Waals surface area contributed by atoms with E-state index in [1.807, 2.05) is 18.2 Å². The Kier molecular flexibility index (Phi) is 11.3. The number of primary amides is 1. The molecule has 4 aromatic rings. The third kappa shape index (κ3) is 8.04. The quantitative estimate of drug-likeness (QED) is 0.140. The summed E-state index contributed by atoms with van der Waals surface area (Å²) in [4.78, 5) is 41.8. The van der Waals surface area contributed by atoms with Crippen LogP contribution < -0.4 is 16.4 Å². The van der Waals surface area contributed by atoms with Crippen molar-refractivity contribution in [3.05, 3.63) is 95.5 Å². The van der Waals surface area contributed by atoms with Crippen LogP contribution in [0.15, 0.2) is 73.3 Å². The Balaban J connectivity index is 0.000000198. The zero-order valence-electron chi connectivity index (χ0n) is 25.2. The summed E-state index contributed by atoms with van der Waals surface area (Å²) in [5, 5.41) is 11.3. The number of piperidine rings is 1. The van der Waals surface area contributed by atoms with E-state index >= 15 is 0 Å². The minimum absolute atomic E-state index is 0.0176. The Bertz CT molecular complexity index is 1660. The SMILES string of the molecule is C=CCc1ccc(F)cc1.CNc1ccc2c(c1)c(C(N)=O)nn2CC(=O)N1C2CCC(C2)C1C=O.CNc1cccc(Cl)n1. The second-order valence-electron chi connectivity index (χ2n) is 10.7. The molecule has 2 aliphatic rings. The van der Waals surface area contributed by atoms with Crippen molar-refractivity contribution in [3.8, 4) is 0 Å². The number of aromatic nitrogens is 3. The highest BCUT2D eigenvalue weighted by Crippen LogP contribution is 2.41. The van der Waals surface area contributed by atoms with Crippen molar-refractivity contribution in [2.45, 2.75) is 44.3 Å². The number of aldehydes is 1. The van der Waals surface area contributed by atoms with Crippen LogP contribution in [0.3, 0.4) is 0 Å². The molecule has 2 aromatic heterocycles. The third-order valence-electron chi connectivity index (χ3n) is 7.89. The van der Waals surface area contributed by atoms with Crippen molar-refractivity contribution < 1.29 is 18.8 Å². The number of likely N-dealkylation sites (tertiary alicyclic amines) is 1. The summed E-state index contributed by atoms with van der Waals surface area (Å²) < 4.78 is 13.8. The van der Waals surface area contributed by atoms with E-state index in [1.54, 1.807) is 55.4 Å². The van der Waals surface area contributed by atoms with E-state index in [1.165, 1.54) is 16.8 Å². The molecule has 45 heavy (non-hydrogen) atoms. The van der Waals surface area contributed by atoms with Gasteiger partial charge in [-0.25, -0.2) is 9.37 Å². The number of nitrogens with one attached hydrogen (secondary N) is 2. The second kappa shape index (κ2) is 15.3. The molecule has 1 saturated heterocycles. The molecule has 0 spiro atoms.